The van der Waals surface area contributed by atoms with E-state index in [1.54, 1.807) is 28.1 Å². The summed E-state index contributed by atoms with van der Waals surface area (Å²) >= 11 is 1.55. The minimum Gasteiger partial charge on any atom is -0.469 e. The van der Waals surface area contributed by atoms with E-state index in [4.69, 9.17) is 14.5 Å². The molecule has 0 bridgehead atoms. The summed E-state index contributed by atoms with van der Waals surface area (Å²) in [5.74, 6) is -0.190. The van der Waals surface area contributed by atoms with Crippen LogP contribution in [0.25, 0.3) is 27.5 Å². The Balaban J connectivity index is 1.42. The zero-order chi connectivity index (χ0) is 25.6. The van der Waals surface area contributed by atoms with Gasteiger partial charge in [0.15, 0.2) is 5.01 Å². The SMILES string of the molecule is COC(=O)CCCCc1nnc(-c2cnc(-c3ccc4cc(C#N)cnn34)cc2NC2CCOCC2)s1. The number of methoxy groups -OCH3 is 1. The Hall–Kier alpha value is -3.88. The molecule has 37 heavy (non-hydrogen) atoms. The second kappa shape index (κ2) is 11.5. The normalized spacial score (nSPS) is 13.9. The third kappa shape index (κ3) is 5.76. The van der Waals surface area contributed by atoms with Crippen LogP contribution in [0.2, 0.25) is 0 Å². The lowest BCUT2D eigenvalue weighted by Crippen LogP contribution is -2.28. The number of rotatable bonds is 9. The molecule has 11 heteroatoms. The van der Waals surface area contributed by atoms with E-state index in [2.05, 4.69) is 26.7 Å². The number of aryl methyl sites for hydroxylation is 1. The van der Waals surface area contributed by atoms with Crippen LogP contribution in [0.4, 0.5) is 5.69 Å². The highest BCUT2D eigenvalue weighted by molar-refractivity contribution is 7.14. The first-order valence-electron chi connectivity index (χ1n) is 12.3. The molecule has 1 saturated heterocycles. The summed E-state index contributed by atoms with van der Waals surface area (Å²) in [5.41, 5.74) is 4.79. The number of carbonyl (C=O) groups excluding carboxylic acids is 1. The van der Waals surface area contributed by atoms with E-state index in [1.807, 2.05) is 24.4 Å². The largest absolute Gasteiger partial charge is 0.469 e. The van der Waals surface area contributed by atoms with Gasteiger partial charge < -0.3 is 14.8 Å². The minimum absolute atomic E-state index is 0.190. The van der Waals surface area contributed by atoms with Crippen LogP contribution >= 0.6 is 11.3 Å². The van der Waals surface area contributed by atoms with Crippen LogP contribution in [-0.2, 0) is 20.7 Å². The monoisotopic (exact) mass is 517 g/mol. The second-order valence-corrected chi connectivity index (χ2v) is 9.90. The quantitative estimate of drug-likeness (QED) is 0.256. The number of ether oxygens (including phenoxy) is 2. The topological polar surface area (TPSA) is 127 Å². The maximum absolute atomic E-state index is 11.3. The van der Waals surface area contributed by atoms with Crippen molar-refractivity contribution in [3.8, 4) is 28.0 Å². The molecule has 0 saturated carbocycles. The van der Waals surface area contributed by atoms with Gasteiger partial charge in [-0.2, -0.15) is 10.4 Å². The molecule has 1 N–H and O–H groups in total. The van der Waals surface area contributed by atoms with Gasteiger partial charge >= 0.3 is 5.97 Å². The van der Waals surface area contributed by atoms with Crippen molar-refractivity contribution in [1.82, 2.24) is 24.8 Å². The molecule has 4 aromatic rings. The van der Waals surface area contributed by atoms with Gasteiger partial charge in [0.05, 0.1) is 41.3 Å². The van der Waals surface area contributed by atoms with E-state index in [0.29, 0.717) is 12.0 Å². The Kier molecular flexibility index (Phi) is 7.67. The molecule has 10 nitrogen and oxygen atoms in total. The lowest BCUT2D eigenvalue weighted by Gasteiger charge is -2.25. The van der Waals surface area contributed by atoms with Crippen LogP contribution in [0.15, 0.2) is 36.7 Å². The summed E-state index contributed by atoms with van der Waals surface area (Å²) in [4.78, 5) is 16.1. The Bertz CT molecular complexity index is 1440. The molecule has 1 aliphatic rings. The summed E-state index contributed by atoms with van der Waals surface area (Å²) in [5, 5.41) is 27.9. The summed E-state index contributed by atoms with van der Waals surface area (Å²) in [7, 11) is 1.41. The molecule has 1 fully saturated rings. The van der Waals surface area contributed by atoms with Gasteiger partial charge in [-0.25, -0.2) is 4.52 Å². The van der Waals surface area contributed by atoms with Gasteiger partial charge in [0, 0.05) is 44.0 Å². The van der Waals surface area contributed by atoms with Gasteiger partial charge in [0.1, 0.15) is 11.1 Å². The number of hydrogen-bond donors (Lipinski definition) is 1. The van der Waals surface area contributed by atoms with E-state index in [9.17, 15) is 10.1 Å². The smallest absolute Gasteiger partial charge is 0.305 e. The van der Waals surface area contributed by atoms with Crippen molar-refractivity contribution in [1.29, 1.82) is 5.26 Å². The zero-order valence-corrected chi connectivity index (χ0v) is 21.3. The second-order valence-electron chi connectivity index (χ2n) is 8.84. The molecule has 1 aliphatic heterocycles. The first-order chi connectivity index (χ1) is 18.1. The molecule has 0 radical (unpaired) electrons. The zero-order valence-electron chi connectivity index (χ0n) is 20.5. The number of nitrogens with one attached hydrogen (secondary N) is 1. The fourth-order valence-electron chi connectivity index (χ4n) is 4.31. The van der Waals surface area contributed by atoms with Crippen LogP contribution in [0.1, 0.15) is 42.7 Å². The number of hydrogen-bond acceptors (Lipinski definition) is 10. The van der Waals surface area contributed by atoms with Gasteiger partial charge in [-0.15, -0.1) is 10.2 Å². The molecule has 0 unspecified atom stereocenters. The summed E-state index contributed by atoms with van der Waals surface area (Å²) in [6.45, 7) is 1.46. The first-order valence-corrected chi connectivity index (χ1v) is 13.1. The molecule has 0 aromatic carbocycles. The van der Waals surface area contributed by atoms with Crippen molar-refractivity contribution in [2.24, 2.45) is 0 Å². The fraction of sp³-hybridized carbons (Fsp3) is 0.385. The number of nitrogens with zero attached hydrogens (tertiary/aromatic N) is 6. The number of pyridine rings is 1. The maximum Gasteiger partial charge on any atom is 0.305 e. The summed E-state index contributed by atoms with van der Waals surface area (Å²) in [6.07, 6.45) is 8.00. The number of esters is 1. The van der Waals surface area contributed by atoms with Crippen LogP contribution in [-0.4, -0.2) is 57.1 Å². The molecule has 5 heterocycles. The Labute approximate surface area is 218 Å². The lowest BCUT2D eigenvalue weighted by atomic mass is 10.1. The van der Waals surface area contributed by atoms with Crippen molar-refractivity contribution in [2.75, 3.05) is 25.6 Å². The number of carbonyl (C=O) groups is 1. The van der Waals surface area contributed by atoms with Crippen molar-refractivity contribution in [3.63, 3.8) is 0 Å². The van der Waals surface area contributed by atoms with Crippen molar-refractivity contribution in [3.05, 3.63) is 47.2 Å². The van der Waals surface area contributed by atoms with Crippen LogP contribution < -0.4 is 5.32 Å². The molecule has 4 aromatic heterocycles. The molecule has 5 rings (SSSR count). The predicted octanol–water partition coefficient (Wildman–Crippen LogP) is 4.26. The summed E-state index contributed by atoms with van der Waals surface area (Å²) in [6, 6.07) is 10.1. The van der Waals surface area contributed by atoms with Crippen LogP contribution in [0.5, 0.6) is 0 Å². The highest BCUT2D eigenvalue weighted by Gasteiger charge is 2.20. The molecule has 0 aliphatic carbocycles. The molecular formula is C26H27N7O3S. The van der Waals surface area contributed by atoms with Gasteiger partial charge in [-0.05, 0) is 49.9 Å². The maximum atomic E-state index is 11.3. The average Bonchev–Trinajstić information content (AvgIpc) is 3.58. The highest BCUT2D eigenvalue weighted by atomic mass is 32.1. The lowest BCUT2D eigenvalue weighted by molar-refractivity contribution is -0.140. The summed E-state index contributed by atoms with van der Waals surface area (Å²) < 4.78 is 12.0. The molecule has 190 valence electrons. The van der Waals surface area contributed by atoms with Gasteiger partial charge in [-0.3, -0.25) is 9.78 Å². The molecule has 0 amide bonds. The highest BCUT2D eigenvalue weighted by Crippen LogP contribution is 2.34. The van der Waals surface area contributed by atoms with Crippen molar-refractivity contribution >= 4 is 28.5 Å². The third-order valence-corrected chi connectivity index (χ3v) is 7.34. The predicted molar refractivity (Wildman–Crippen MR) is 139 cm³/mol. The number of fused-ring (bicyclic) bond motifs is 1. The van der Waals surface area contributed by atoms with E-state index in [1.165, 1.54) is 7.11 Å². The molecular weight excluding hydrogens is 490 g/mol. The number of aromatic nitrogens is 5. The van der Waals surface area contributed by atoms with Crippen molar-refractivity contribution in [2.45, 2.75) is 44.6 Å². The average molecular weight is 518 g/mol. The Morgan fingerprint density at radius 2 is 2.11 bits per heavy atom. The molecule has 0 atom stereocenters. The van der Waals surface area contributed by atoms with Gasteiger partial charge in [-0.1, -0.05) is 11.3 Å². The third-order valence-electron chi connectivity index (χ3n) is 6.32. The standard InChI is InChI=1S/C26H27N7O3S/c1-35-25(34)5-3-2-4-24-31-32-26(37-24)20-16-28-22(13-21(20)30-18-8-10-36-11-9-18)23-7-6-19-12-17(14-27)15-29-33(19)23/h6-7,12-13,15-16,18H,2-5,8-11H2,1H3,(H,28,30). The van der Waals surface area contributed by atoms with E-state index < -0.39 is 0 Å². The number of nitriles is 1. The van der Waals surface area contributed by atoms with E-state index >= 15 is 0 Å². The van der Waals surface area contributed by atoms with E-state index in [0.717, 1.165) is 83.5 Å². The van der Waals surface area contributed by atoms with E-state index in [-0.39, 0.29) is 12.0 Å². The van der Waals surface area contributed by atoms with Crippen LogP contribution in [0, 0.1) is 11.3 Å². The minimum atomic E-state index is -0.190. The van der Waals surface area contributed by atoms with Crippen LogP contribution in [0.3, 0.4) is 0 Å². The van der Waals surface area contributed by atoms with Gasteiger partial charge in [0.2, 0.25) is 0 Å². The first kappa shape index (κ1) is 24.8. The number of unbranched alkanes of at least 4 members (excludes halogenated alkanes) is 1. The Morgan fingerprint density at radius 1 is 1.24 bits per heavy atom. The van der Waals surface area contributed by atoms with Crippen molar-refractivity contribution < 1.29 is 14.3 Å². The Morgan fingerprint density at radius 3 is 2.92 bits per heavy atom. The fourth-order valence-corrected chi connectivity index (χ4v) is 5.22. The molecule has 0 spiro atoms. The van der Waals surface area contributed by atoms with Gasteiger partial charge in [0.25, 0.3) is 0 Å². The number of anilines is 1.